The molecule has 0 spiro atoms. The smallest absolute Gasteiger partial charge is 0.251 e. The Balaban J connectivity index is 1.58. The van der Waals surface area contributed by atoms with Gasteiger partial charge in [0.25, 0.3) is 5.56 Å². The maximum atomic E-state index is 12.4. The predicted octanol–water partition coefficient (Wildman–Crippen LogP) is 3.99. The number of aromatic amines is 1. The molecule has 144 valence electrons. The lowest BCUT2D eigenvalue weighted by atomic mass is 9.95. The number of carbonyl (C=O) groups excluding carboxylic acids is 1. The third kappa shape index (κ3) is 6.43. The number of benzene rings is 1. The Morgan fingerprint density at radius 3 is 2.74 bits per heavy atom. The Hall–Kier alpha value is -1.73. The van der Waals surface area contributed by atoms with Crippen LogP contribution in [0, 0.1) is 0 Å². The van der Waals surface area contributed by atoms with Gasteiger partial charge in [-0.2, -0.15) is 0 Å². The number of nitrogens with zero attached hydrogens (tertiary/aromatic N) is 1. The first-order valence-electron chi connectivity index (χ1n) is 9.35. The van der Waals surface area contributed by atoms with Gasteiger partial charge in [-0.25, -0.2) is 4.98 Å². The molecular formula is C20H25N3O2S2. The van der Waals surface area contributed by atoms with E-state index in [1.54, 1.807) is 11.8 Å². The summed E-state index contributed by atoms with van der Waals surface area (Å²) >= 11 is 2.94. The molecule has 7 heteroatoms. The molecule has 1 saturated carbocycles. The Bertz CT molecular complexity index is 804. The van der Waals surface area contributed by atoms with E-state index in [2.05, 4.69) is 15.3 Å². The first-order valence-corrected chi connectivity index (χ1v) is 11.2. The van der Waals surface area contributed by atoms with Crippen LogP contribution in [0.3, 0.4) is 0 Å². The van der Waals surface area contributed by atoms with Crippen molar-refractivity contribution in [3.8, 4) is 0 Å². The summed E-state index contributed by atoms with van der Waals surface area (Å²) in [6, 6.07) is 11.8. The summed E-state index contributed by atoms with van der Waals surface area (Å²) in [6.07, 6.45) is 5.75. The molecule has 1 aliphatic carbocycles. The van der Waals surface area contributed by atoms with Crippen LogP contribution in [0.1, 0.15) is 44.7 Å². The lowest BCUT2D eigenvalue weighted by Crippen LogP contribution is -2.40. The standard InChI is InChI=1S/C20H25N3O2S2/c1-14(19(25)21-15-8-4-2-5-9-15)27-20-22-16(12-18(24)23-20)13-26-17-10-6-3-7-11-17/h3,6-7,10-12,14-15H,2,4-5,8-9,13H2,1H3,(H,21,25)(H,22,23,24). The van der Waals surface area contributed by atoms with E-state index < -0.39 is 0 Å². The minimum absolute atomic E-state index is 0.0126. The third-order valence-corrected chi connectivity index (χ3v) is 6.54. The molecule has 0 aliphatic heterocycles. The van der Waals surface area contributed by atoms with Crippen molar-refractivity contribution in [2.45, 2.75) is 66.1 Å². The number of thioether (sulfide) groups is 2. The molecule has 0 saturated heterocycles. The van der Waals surface area contributed by atoms with Gasteiger partial charge in [0.1, 0.15) is 0 Å². The van der Waals surface area contributed by atoms with E-state index in [9.17, 15) is 9.59 Å². The van der Waals surface area contributed by atoms with Crippen LogP contribution in [0.4, 0.5) is 0 Å². The van der Waals surface area contributed by atoms with Crippen molar-refractivity contribution < 1.29 is 4.79 Å². The van der Waals surface area contributed by atoms with E-state index in [0.717, 1.165) is 23.4 Å². The monoisotopic (exact) mass is 403 g/mol. The number of hydrogen-bond donors (Lipinski definition) is 2. The Morgan fingerprint density at radius 1 is 1.26 bits per heavy atom. The van der Waals surface area contributed by atoms with Crippen molar-refractivity contribution in [2.75, 3.05) is 0 Å². The van der Waals surface area contributed by atoms with Gasteiger partial charge in [-0.3, -0.25) is 9.59 Å². The van der Waals surface area contributed by atoms with E-state index in [1.165, 1.54) is 37.1 Å². The van der Waals surface area contributed by atoms with E-state index in [1.807, 2.05) is 37.3 Å². The highest BCUT2D eigenvalue weighted by molar-refractivity contribution is 8.00. The molecule has 0 radical (unpaired) electrons. The van der Waals surface area contributed by atoms with Crippen LogP contribution in [-0.2, 0) is 10.5 Å². The highest BCUT2D eigenvalue weighted by Gasteiger charge is 2.21. The Labute approximate surface area is 168 Å². The summed E-state index contributed by atoms with van der Waals surface area (Å²) in [4.78, 5) is 32.8. The van der Waals surface area contributed by atoms with Gasteiger partial charge in [-0.15, -0.1) is 11.8 Å². The van der Waals surface area contributed by atoms with Gasteiger partial charge in [0.2, 0.25) is 5.91 Å². The summed E-state index contributed by atoms with van der Waals surface area (Å²) in [5.74, 6) is 0.628. The van der Waals surface area contributed by atoms with Gasteiger partial charge >= 0.3 is 0 Å². The van der Waals surface area contributed by atoms with Crippen molar-refractivity contribution in [2.24, 2.45) is 0 Å². The van der Waals surface area contributed by atoms with Gasteiger partial charge in [-0.1, -0.05) is 49.2 Å². The largest absolute Gasteiger partial charge is 0.352 e. The van der Waals surface area contributed by atoms with Crippen molar-refractivity contribution >= 4 is 29.4 Å². The predicted molar refractivity (Wildman–Crippen MR) is 111 cm³/mol. The van der Waals surface area contributed by atoms with Crippen molar-refractivity contribution in [3.63, 3.8) is 0 Å². The Morgan fingerprint density at radius 2 is 2.00 bits per heavy atom. The maximum absolute atomic E-state index is 12.4. The second kappa shape index (κ2) is 9.99. The molecule has 1 amide bonds. The Kier molecular flexibility index (Phi) is 7.41. The fraction of sp³-hybridized carbons (Fsp3) is 0.450. The highest BCUT2D eigenvalue weighted by Crippen LogP contribution is 2.24. The number of hydrogen-bond acceptors (Lipinski definition) is 5. The second-order valence-electron chi connectivity index (χ2n) is 6.75. The van der Waals surface area contributed by atoms with Crippen molar-refractivity contribution in [1.29, 1.82) is 0 Å². The molecule has 1 heterocycles. The van der Waals surface area contributed by atoms with Crippen LogP contribution >= 0.6 is 23.5 Å². The molecule has 1 unspecified atom stereocenters. The number of nitrogens with one attached hydrogen (secondary N) is 2. The summed E-state index contributed by atoms with van der Waals surface area (Å²) in [5.41, 5.74) is 0.533. The molecule has 1 aromatic carbocycles. The van der Waals surface area contributed by atoms with Crippen LogP contribution < -0.4 is 10.9 Å². The van der Waals surface area contributed by atoms with Crippen molar-refractivity contribution in [3.05, 3.63) is 52.4 Å². The zero-order chi connectivity index (χ0) is 19.1. The minimum Gasteiger partial charge on any atom is -0.352 e. The van der Waals surface area contributed by atoms with Gasteiger partial charge in [0.15, 0.2) is 5.16 Å². The van der Waals surface area contributed by atoms with Crippen LogP contribution in [-0.4, -0.2) is 27.2 Å². The van der Waals surface area contributed by atoms with E-state index in [0.29, 0.717) is 10.9 Å². The lowest BCUT2D eigenvalue weighted by molar-refractivity contribution is -0.121. The molecule has 1 aliphatic rings. The van der Waals surface area contributed by atoms with Gasteiger partial charge in [0, 0.05) is 22.8 Å². The van der Waals surface area contributed by atoms with Crippen molar-refractivity contribution in [1.82, 2.24) is 15.3 Å². The molecule has 1 atom stereocenters. The summed E-state index contributed by atoms with van der Waals surface area (Å²) in [6.45, 7) is 1.86. The molecule has 1 fully saturated rings. The molecule has 1 aromatic heterocycles. The average Bonchev–Trinajstić information content (AvgIpc) is 2.67. The number of rotatable bonds is 7. The normalized spacial score (nSPS) is 16.0. The summed E-state index contributed by atoms with van der Waals surface area (Å²) in [7, 11) is 0. The second-order valence-corrected chi connectivity index (χ2v) is 9.13. The minimum atomic E-state index is -0.299. The fourth-order valence-corrected chi connectivity index (χ4v) is 4.73. The molecule has 27 heavy (non-hydrogen) atoms. The summed E-state index contributed by atoms with van der Waals surface area (Å²) < 4.78 is 0. The van der Waals surface area contributed by atoms with Gasteiger partial charge < -0.3 is 10.3 Å². The van der Waals surface area contributed by atoms with Crippen LogP contribution in [0.15, 0.2) is 51.2 Å². The zero-order valence-electron chi connectivity index (χ0n) is 15.4. The zero-order valence-corrected chi connectivity index (χ0v) is 17.1. The van der Waals surface area contributed by atoms with E-state index in [4.69, 9.17) is 0 Å². The first kappa shape index (κ1) is 20.0. The third-order valence-electron chi connectivity index (χ3n) is 4.51. The molecule has 3 rings (SSSR count). The maximum Gasteiger partial charge on any atom is 0.251 e. The molecule has 0 bridgehead atoms. The lowest BCUT2D eigenvalue weighted by Gasteiger charge is -2.24. The van der Waals surface area contributed by atoms with Crippen LogP contribution in [0.25, 0.3) is 0 Å². The number of carbonyl (C=O) groups is 1. The first-order chi connectivity index (χ1) is 13.1. The quantitative estimate of drug-likeness (QED) is 0.540. The van der Waals surface area contributed by atoms with Gasteiger partial charge in [0.05, 0.1) is 10.9 Å². The fourth-order valence-electron chi connectivity index (χ4n) is 3.07. The number of aromatic nitrogens is 2. The summed E-state index contributed by atoms with van der Waals surface area (Å²) in [5, 5.41) is 3.33. The highest BCUT2D eigenvalue weighted by atomic mass is 32.2. The molecular weight excluding hydrogens is 378 g/mol. The topological polar surface area (TPSA) is 74.8 Å². The SMILES string of the molecule is CC(Sc1nc(CSc2ccccc2)cc(=O)[nH]1)C(=O)NC1CCCCC1. The molecule has 2 N–H and O–H groups in total. The van der Waals surface area contributed by atoms with E-state index >= 15 is 0 Å². The van der Waals surface area contributed by atoms with E-state index in [-0.39, 0.29) is 22.8 Å². The number of H-pyrrole nitrogens is 1. The van der Waals surface area contributed by atoms with Gasteiger partial charge in [-0.05, 0) is 31.9 Å². The van der Waals surface area contributed by atoms with Crippen LogP contribution in [0.5, 0.6) is 0 Å². The average molecular weight is 404 g/mol. The van der Waals surface area contributed by atoms with Crippen LogP contribution in [0.2, 0.25) is 0 Å². The molecule has 5 nitrogen and oxygen atoms in total. The molecule has 2 aromatic rings. The number of amides is 1.